The van der Waals surface area contributed by atoms with Gasteiger partial charge in [0.25, 0.3) is 0 Å². The minimum Gasteiger partial charge on any atom is -0.493 e. The van der Waals surface area contributed by atoms with Gasteiger partial charge < -0.3 is 14.5 Å². The second-order valence-corrected chi connectivity index (χ2v) is 7.56. The van der Waals surface area contributed by atoms with Crippen molar-refractivity contribution in [3.05, 3.63) is 58.1 Å². The van der Waals surface area contributed by atoms with Gasteiger partial charge in [0.1, 0.15) is 5.75 Å². The summed E-state index contributed by atoms with van der Waals surface area (Å²) in [7, 11) is 0. The molecule has 0 unspecified atom stereocenters. The number of nitrogens with zero attached hydrogens (tertiary/aromatic N) is 2. The number of benzene rings is 2. The van der Waals surface area contributed by atoms with Crippen molar-refractivity contribution in [1.82, 2.24) is 4.90 Å². The summed E-state index contributed by atoms with van der Waals surface area (Å²) in [6, 6.07) is 14.1. The largest absolute Gasteiger partial charge is 0.493 e. The highest BCUT2D eigenvalue weighted by Gasteiger charge is 2.22. The molecule has 1 fully saturated rings. The second-order valence-electron chi connectivity index (χ2n) is 6.64. The molecule has 1 amide bonds. The summed E-state index contributed by atoms with van der Waals surface area (Å²) in [5.41, 5.74) is 3.93. The lowest BCUT2D eigenvalue weighted by Gasteiger charge is -2.37. The monoisotopic (exact) mass is 416 g/mol. The van der Waals surface area contributed by atoms with E-state index in [1.807, 2.05) is 29.2 Å². The molecule has 0 spiro atoms. The number of anilines is 1. The van der Waals surface area contributed by atoms with E-state index < -0.39 is 0 Å². The van der Waals surface area contributed by atoms with Gasteiger partial charge in [-0.1, -0.05) is 34.1 Å². The van der Waals surface area contributed by atoms with Gasteiger partial charge in [-0.15, -0.1) is 0 Å². The Morgan fingerprint density at radius 2 is 1.81 bits per heavy atom. The zero-order valence-electron chi connectivity index (χ0n) is 15.4. The topological polar surface area (TPSA) is 32.8 Å². The van der Waals surface area contributed by atoms with Crippen LogP contribution < -0.4 is 9.64 Å². The number of halogens is 1. The highest BCUT2D eigenvalue weighted by Crippen LogP contribution is 2.24. The number of amides is 1. The lowest BCUT2D eigenvalue weighted by atomic mass is 10.1. The molecule has 1 aliphatic heterocycles. The fraction of sp³-hybridized carbons (Fsp3) is 0.381. The molecule has 1 saturated heterocycles. The second kappa shape index (κ2) is 8.58. The molecule has 1 aliphatic rings. The average Bonchev–Trinajstić information content (AvgIpc) is 2.64. The molecule has 0 aromatic heterocycles. The van der Waals surface area contributed by atoms with Crippen LogP contribution in [0.1, 0.15) is 17.5 Å². The third-order valence-electron chi connectivity index (χ3n) is 4.93. The van der Waals surface area contributed by atoms with Crippen LogP contribution in [0.4, 0.5) is 5.69 Å². The Balaban J connectivity index is 1.47. The minimum absolute atomic E-state index is 0.167. The van der Waals surface area contributed by atoms with Crippen molar-refractivity contribution in [2.75, 3.05) is 37.7 Å². The van der Waals surface area contributed by atoms with Gasteiger partial charge in [0.05, 0.1) is 13.0 Å². The summed E-state index contributed by atoms with van der Waals surface area (Å²) in [4.78, 5) is 16.8. The Morgan fingerprint density at radius 1 is 1.08 bits per heavy atom. The minimum atomic E-state index is 0.167. The lowest BCUT2D eigenvalue weighted by Crippen LogP contribution is -2.49. The Kier molecular flexibility index (Phi) is 6.20. The molecule has 5 heteroatoms. The van der Waals surface area contributed by atoms with Crippen LogP contribution >= 0.6 is 15.9 Å². The SMILES string of the molecule is Cc1cccc(N2CCN(C(=O)CCOc3cccc(Br)c3)CC2)c1C. The molecule has 3 rings (SSSR count). The highest BCUT2D eigenvalue weighted by atomic mass is 79.9. The molecule has 2 aromatic rings. The molecule has 2 aromatic carbocycles. The normalized spacial score (nSPS) is 14.4. The number of piperazine rings is 1. The fourth-order valence-corrected chi connectivity index (χ4v) is 3.62. The van der Waals surface area contributed by atoms with Gasteiger partial charge in [-0.25, -0.2) is 0 Å². The van der Waals surface area contributed by atoms with E-state index in [0.29, 0.717) is 13.0 Å². The van der Waals surface area contributed by atoms with E-state index in [1.54, 1.807) is 0 Å². The molecule has 0 N–H and O–H groups in total. The predicted molar refractivity (Wildman–Crippen MR) is 109 cm³/mol. The maximum Gasteiger partial charge on any atom is 0.226 e. The first-order valence-electron chi connectivity index (χ1n) is 9.02. The van der Waals surface area contributed by atoms with Crippen LogP contribution in [0.3, 0.4) is 0 Å². The molecule has 1 heterocycles. The van der Waals surface area contributed by atoms with Gasteiger partial charge in [-0.05, 0) is 49.2 Å². The van der Waals surface area contributed by atoms with Crippen LogP contribution in [0.15, 0.2) is 46.9 Å². The first-order valence-corrected chi connectivity index (χ1v) is 9.81. The molecule has 4 nitrogen and oxygen atoms in total. The molecule has 0 saturated carbocycles. The van der Waals surface area contributed by atoms with Gasteiger partial charge in [-0.3, -0.25) is 4.79 Å². The Hall–Kier alpha value is -2.01. The quantitative estimate of drug-likeness (QED) is 0.732. The summed E-state index contributed by atoms with van der Waals surface area (Å²) >= 11 is 3.42. The van der Waals surface area contributed by atoms with E-state index in [-0.39, 0.29) is 5.91 Å². The van der Waals surface area contributed by atoms with E-state index >= 15 is 0 Å². The van der Waals surface area contributed by atoms with Crippen molar-refractivity contribution >= 4 is 27.5 Å². The van der Waals surface area contributed by atoms with Crippen LogP contribution in [0.5, 0.6) is 5.75 Å². The Labute approximate surface area is 163 Å². The number of hydrogen-bond acceptors (Lipinski definition) is 3. The lowest BCUT2D eigenvalue weighted by molar-refractivity contribution is -0.132. The summed E-state index contributed by atoms with van der Waals surface area (Å²) in [6.45, 7) is 8.01. The van der Waals surface area contributed by atoms with E-state index in [1.165, 1.54) is 16.8 Å². The van der Waals surface area contributed by atoms with Gasteiger partial charge in [0.2, 0.25) is 5.91 Å². The maximum absolute atomic E-state index is 12.4. The average molecular weight is 417 g/mol. The van der Waals surface area contributed by atoms with Gasteiger partial charge in [0, 0.05) is 36.3 Å². The van der Waals surface area contributed by atoms with E-state index in [4.69, 9.17) is 4.74 Å². The third kappa shape index (κ3) is 4.58. The predicted octanol–water partition coefficient (Wildman–Crippen LogP) is 4.18. The van der Waals surface area contributed by atoms with Crippen LogP contribution in [0.2, 0.25) is 0 Å². The molecule has 26 heavy (non-hydrogen) atoms. The Morgan fingerprint density at radius 3 is 2.54 bits per heavy atom. The van der Waals surface area contributed by atoms with Crippen molar-refractivity contribution in [2.45, 2.75) is 20.3 Å². The van der Waals surface area contributed by atoms with Crippen molar-refractivity contribution in [2.24, 2.45) is 0 Å². The van der Waals surface area contributed by atoms with Crippen LogP contribution in [-0.2, 0) is 4.79 Å². The molecule has 138 valence electrons. The number of hydrogen-bond donors (Lipinski definition) is 0. The molecule has 0 radical (unpaired) electrons. The van der Waals surface area contributed by atoms with Crippen LogP contribution in [0, 0.1) is 13.8 Å². The molecule has 0 aliphatic carbocycles. The molecule has 0 atom stereocenters. The van der Waals surface area contributed by atoms with Crippen molar-refractivity contribution in [3.63, 3.8) is 0 Å². The zero-order valence-corrected chi connectivity index (χ0v) is 17.0. The highest BCUT2D eigenvalue weighted by molar-refractivity contribution is 9.10. The summed E-state index contributed by atoms with van der Waals surface area (Å²) in [5.74, 6) is 0.951. The van der Waals surface area contributed by atoms with Crippen LogP contribution in [0.25, 0.3) is 0 Å². The molecular formula is C21H25BrN2O2. The smallest absolute Gasteiger partial charge is 0.226 e. The number of carbonyl (C=O) groups is 1. The summed E-state index contributed by atoms with van der Waals surface area (Å²) in [6.07, 6.45) is 0.413. The molecular weight excluding hydrogens is 392 g/mol. The van der Waals surface area contributed by atoms with Gasteiger partial charge >= 0.3 is 0 Å². The first kappa shape index (κ1) is 18.8. The van der Waals surface area contributed by atoms with Crippen molar-refractivity contribution < 1.29 is 9.53 Å². The fourth-order valence-electron chi connectivity index (χ4n) is 3.25. The van der Waals surface area contributed by atoms with Crippen molar-refractivity contribution in [3.8, 4) is 5.75 Å². The van der Waals surface area contributed by atoms with Gasteiger partial charge in [0.15, 0.2) is 0 Å². The summed E-state index contributed by atoms with van der Waals surface area (Å²) in [5, 5.41) is 0. The van der Waals surface area contributed by atoms with Crippen LogP contribution in [-0.4, -0.2) is 43.6 Å². The Bertz CT molecular complexity index is 770. The summed E-state index contributed by atoms with van der Waals surface area (Å²) < 4.78 is 6.66. The molecule has 0 bridgehead atoms. The number of rotatable bonds is 5. The first-order chi connectivity index (χ1) is 12.5. The van der Waals surface area contributed by atoms with E-state index in [0.717, 1.165) is 36.4 Å². The standard InChI is InChI=1S/C21H25BrN2O2/c1-16-5-3-8-20(17(16)2)23-10-12-24(13-11-23)21(25)9-14-26-19-7-4-6-18(22)15-19/h3-8,15H,9-14H2,1-2H3. The van der Waals surface area contributed by atoms with Crippen molar-refractivity contribution in [1.29, 1.82) is 0 Å². The van der Waals surface area contributed by atoms with E-state index in [9.17, 15) is 4.79 Å². The van der Waals surface area contributed by atoms with Gasteiger partial charge in [-0.2, -0.15) is 0 Å². The van der Waals surface area contributed by atoms with E-state index in [2.05, 4.69) is 52.9 Å². The number of ether oxygens (including phenoxy) is 1. The number of aryl methyl sites for hydroxylation is 1. The zero-order chi connectivity index (χ0) is 18.5. The number of carbonyl (C=O) groups excluding carboxylic acids is 1. The third-order valence-corrected chi connectivity index (χ3v) is 5.42. The maximum atomic E-state index is 12.4.